The Balaban J connectivity index is 1.51. The van der Waals surface area contributed by atoms with E-state index in [4.69, 9.17) is 52.3 Å². The van der Waals surface area contributed by atoms with Gasteiger partial charge in [0, 0.05) is 48.3 Å². The first kappa shape index (κ1) is 33.3. The van der Waals surface area contributed by atoms with Crippen molar-refractivity contribution >= 4 is 63.7 Å². The van der Waals surface area contributed by atoms with Crippen LogP contribution in [-0.4, -0.2) is 38.1 Å². The summed E-state index contributed by atoms with van der Waals surface area (Å²) in [5.74, 6) is 0.0279. The molecule has 0 bridgehead atoms. The Hall–Kier alpha value is -3.61. The molecule has 0 aliphatic rings. The van der Waals surface area contributed by atoms with Gasteiger partial charge in [0.25, 0.3) is 0 Å². The summed E-state index contributed by atoms with van der Waals surface area (Å²) in [4.78, 5) is 19.7. The van der Waals surface area contributed by atoms with E-state index in [2.05, 4.69) is 35.5 Å². The Labute approximate surface area is 278 Å². The fourth-order valence-corrected chi connectivity index (χ4v) is 5.52. The van der Waals surface area contributed by atoms with Crippen molar-refractivity contribution < 1.29 is 4.79 Å². The highest BCUT2D eigenvalue weighted by Gasteiger charge is 2.25. The van der Waals surface area contributed by atoms with E-state index in [1.54, 1.807) is 42.9 Å². The summed E-state index contributed by atoms with van der Waals surface area (Å²) in [7, 11) is 0. The van der Waals surface area contributed by atoms with Crippen molar-refractivity contribution in [3.8, 4) is 6.07 Å². The lowest BCUT2D eigenvalue weighted by molar-refractivity contribution is -0.121. The fourth-order valence-electron chi connectivity index (χ4n) is 4.70. The topological polar surface area (TPSA) is 86.0 Å². The van der Waals surface area contributed by atoms with Crippen LogP contribution in [0.2, 0.25) is 15.1 Å². The summed E-state index contributed by atoms with van der Waals surface area (Å²) in [5.41, 5.74) is 3.97. The van der Waals surface area contributed by atoms with Gasteiger partial charge in [0.05, 0.1) is 34.4 Å². The number of hydrogen-bond donors (Lipinski definition) is 2. The van der Waals surface area contributed by atoms with E-state index in [1.165, 1.54) is 0 Å². The number of nitriles is 1. The van der Waals surface area contributed by atoms with Crippen molar-refractivity contribution in [2.75, 3.05) is 11.9 Å². The molecule has 1 aromatic heterocycles. The number of benzene rings is 3. The quantitative estimate of drug-likeness (QED) is 0.150. The third kappa shape index (κ3) is 9.20. The van der Waals surface area contributed by atoms with Gasteiger partial charge in [0.15, 0.2) is 5.11 Å². The second-order valence-corrected chi connectivity index (χ2v) is 12.2. The molecule has 0 radical (unpaired) electrons. The molecule has 7 nitrogen and oxygen atoms in total. The second-order valence-electron chi connectivity index (χ2n) is 10.6. The third-order valence-corrected chi connectivity index (χ3v) is 8.88. The summed E-state index contributed by atoms with van der Waals surface area (Å²) in [6.07, 6.45) is 4.43. The molecule has 2 N–H and O–H groups in total. The summed E-state index contributed by atoms with van der Waals surface area (Å²) in [5, 5.41) is 17.6. The zero-order valence-electron chi connectivity index (χ0n) is 24.4. The number of amides is 1. The minimum absolute atomic E-state index is 0.119. The summed E-state index contributed by atoms with van der Waals surface area (Å²) in [6.45, 7) is 5.56. The predicted molar refractivity (Wildman–Crippen MR) is 182 cm³/mol. The van der Waals surface area contributed by atoms with Crippen molar-refractivity contribution in [3.05, 3.63) is 117 Å². The van der Waals surface area contributed by atoms with Gasteiger partial charge in [-0.05, 0) is 65.7 Å². The molecule has 44 heavy (non-hydrogen) atoms. The first-order chi connectivity index (χ1) is 21.2. The number of aromatic nitrogens is 2. The Morgan fingerprint density at radius 2 is 1.86 bits per heavy atom. The number of hydrogen-bond acceptors (Lipinski definition) is 4. The molecule has 4 rings (SSSR count). The first-order valence-electron chi connectivity index (χ1n) is 14.2. The van der Waals surface area contributed by atoms with Crippen molar-refractivity contribution in [3.63, 3.8) is 0 Å². The number of halogens is 3. The van der Waals surface area contributed by atoms with Gasteiger partial charge in [0.2, 0.25) is 5.91 Å². The van der Waals surface area contributed by atoms with Gasteiger partial charge in [0.1, 0.15) is 0 Å². The average Bonchev–Trinajstić information content (AvgIpc) is 3.44. The molecule has 1 amide bonds. The van der Waals surface area contributed by atoms with Gasteiger partial charge in [-0.25, -0.2) is 4.98 Å². The molecule has 4 aromatic rings. The molecule has 2 atom stereocenters. The van der Waals surface area contributed by atoms with Crippen LogP contribution in [0.3, 0.4) is 0 Å². The lowest BCUT2D eigenvalue weighted by atomic mass is 9.98. The Bertz CT molecular complexity index is 1640. The molecule has 0 aliphatic carbocycles. The highest BCUT2D eigenvalue weighted by Crippen LogP contribution is 2.27. The highest BCUT2D eigenvalue weighted by atomic mass is 35.5. The largest absolute Gasteiger partial charge is 0.351 e. The minimum atomic E-state index is -0.223. The molecule has 0 fully saturated rings. The standard InChI is InChI=1S/C33H33Cl3N6OS/c1-3-22(2)30(40-31(43)15-28-17-38-21-42(28)18-24-12-10-23(16-37)11-13-24)20-41(19-25-6-4-9-29(35)32(25)36)33(44)39-27-8-5-7-26(34)14-27/h4-14,17,21-22,30H,3,15,18-20H2,1-2H3,(H,39,44)(H,40,43)/t22-,30+/m0/s1. The van der Waals surface area contributed by atoms with Crippen molar-refractivity contribution in [1.29, 1.82) is 5.26 Å². The van der Waals surface area contributed by atoms with E-state index in [9.17, 15) is 4.79 Å². The van der Waals surface area contributed by atoms with Crippen LogP contribution in [0.4, 0.5) is 5.69 Å². The van der Waals surface area contributed by atoms with Crippen LogP contribution in [0.15, 0.2) is 79.3 Å². The maximum absolute atomic E-state index is 13.5. The monoisotopic (exact) mass is 666 g/mol. The Kier molecular flexibility index (Phi) is 12.0. The minimum Gasteiger partial charge on any atom is -0.351 e. The number of nitrogens with one attached hydrogen (secondary N) is 2. The Morgan fingerprint density at radius 1 is 1.11 bits per heavy atom. The second kappa shape index (κ2) is 15.9. The molecule has 1 heterocycles. The number of carbonyl (C=O) groups is 1. The molecule has 228 valence electrons. The lowest BCUT2D eigenvalue weighted by Crippen LogP contribution is -2.50. The molecule has 11 heteroatoms. The highest BCUT2D eigenvalue weighted by molar-refractivity contribution is 7.80. The molecular weight excluding hydrogens is 635 g/mol. The van der Waals surface area contributed by atoms with Crippen molar-refractivity contribution in [2.24, 2.45) is 5.92 Å². The van der Waals surface area contributed by atoms with Crippen LogP contribution in [0.1, 0.15) is 42.7 Å². The van der Waals surface area contributed by atoms with E-state index < -0.39 is 0 Å². The normalized spacial score (nSPS) is 12.2. The molecule has 0 unspecified atom stereocenters. The van der Waals surface area contributed by atoms with Gasteiger partial charge in [-0.2, -0.15) is 5.26 Å². The van der Waals surface area contributed by atoms with Gasteiger partial charge in [-0.15, -0.1) is 0 Å². The van der Waals surface area contributed by atoms with Crippen LogP contribution in [0.25, 0.3) is 0 Å². The van der Waals surface area contributed by atoms with Gasteiger partial charge < -0.3 is 20.1 Å². The molecular formula is C33H33Cl3N6OS. The van der Waals surface area contributed by atoms with E-state index in [0.29, 0.717) is 45.4 Å². The summed E-state index contributed by atoms with van der Waals surface area (Å²) in [6, 6.07) is 22.1. The summed E-state index contributed by atoms with van der Waals surface area (Å²) < 4.78 is 1.94. The summed E-state index contributed by atoms with van der Waals surface area (Å²) >= 11 is 25.0. The molecule has 0 saturated carbocycles. The number of nitrogens with zero attached hydrogens (tertiary/aromatic N) is 4. The van der Waals surface area contributed by atoms with Crippen LogP contribution in [0.5, 0.6) is 0 Å². The van der Waals surface area contributed by atoms with Gasteiger partial charge >= 0.3 is 0 Å². The maximum atomic E-state index is 13.5. The number of carbonyl (C=O) groups excluding carboxylic acids is 1. The lowest BCUT2D eigenvalue weighted by Gasteiger charge is -2.33. The van der Waals surface area contributed by atoms with E-state index in [0.717, 1.165) is 28.9 Å². The van der Waals surface area contributed by atoms with Crippen LogP contribution < -0.4 is 10.6 Å². The molecule has 3 aromatic carbocycles. The molecule has 0 spiro atoms. The van der Waals surface area contributed by atoms with Crippen LogP contribution >= 0.6 is 47.0 Å². The van der Waals surface area contributed by atoms with Gasteiger partial charge in [-0.3, -0.25) is 4.79 Å². The zero-order chi connectivity index (χ0) is 31.6. The van der Waals surface area contributed by atoms with Gasteiger partial charge in [-0.1, -0.05) is 85.4 Å². The van der Waals surface area contributed by atoms with Crippen LogP contribution in [-0.2, 0) is 24.3 Å². The first-order valence-corrected chi connectivity index (χ1v) is 15.7. The number of thiocarbonyl (C=S) groups is 1. The SMILES string of the molecule is CC[C@H](C)[C@@H](CN(Cc1cccc(Cl)c1Cl)C(=S)Nc1cccc(Cl)c1)NC(=O)Cc1cncn1Cc1ccc(C#N)cc1. The maximum Gasteiger partial charge on any atom is 0.226 e. The number of rotatable bonds is 12. The molecule has 0 saturated heterocycles. The predicted octanol–water partition coefficient (Wildman–Crippen LogP) is 7.74. The average molecular weight is 668 g/mol. The number of anilines is 1. The zero-order valence-corrected chi connectivity index (χ0v) is 27.5. The fraction of sp³-hybridized carbons (Fsp3) is 0.273. The smallest absolute Gasteiger partial charge is 0.226 e. The van der Waals surface area contributed by atoms with Crippen molar-refractivity contribution in [2.45, 2.75) is 45.8 Å². The van der Waals surface area contributed by atoms with E-state index in [-0.39, 0.29) is 24.3 Å². The number of imidazole rings is 1. The third-order valence-electron chi connectivity index (χ3n) is 7.43. The van der Waals surface area contributed by atoms with E-state index in [1.807, 2.05) is 45.9 Å². The van der Waals surface area contributed by atoms with Crippen LogP contribution in [0, 0.1) is 17.2 Å². The Morgan fingerprint density at radius 3 is 2.57 bits per heavy atom. The van der Waals surface area contributed by atoms with E-state index >= 15 is 0 Å². The molecule has 0 aliphatic heterocycles. The van der Waals surface area contributed by atoms with Crippen molar-refractivity contribution in [1.82, 2.24) is 19.8 Å².